The van der Waals surface area contributed by atoms with Crippen molar-refractivity contribution in [2.24, 2.45) is 0 Å². The molecular formula is C15H20NS+. The fourth-order valence-electron chi connectivity index (χ4n) is 3.03. The summed E-state index contributed by atoms with van der Waals surface area (Å²) >= 11 is 2.02. The number of benzene rings is 1. The van der Waals surface area contributed by atoms with Gasteiger partial charge in [-0.25, -0.2) is 0 Å². The summed E-state index contributed by atoms with van der Waals surface area (Å²) in [4.78, 5) is 0. The van der Waals surface area contributed by atoms with E-state index in [-0.39, 0.29) is 0 Å². The Labute approximate surface area is 107 Å². The quantitative estimate of drug-likeness (QED) is 0.697. The van der Waals surface area contributed by atoms with Gasteiger partial charge in [0.2, 0.25) is 10.5 Å². The molecule has 90 valence electrons. The molecule has 0 N–H and O–H groups in total. The second-order valence-electron chi connectivity index (χ2n) is 4.99. The normalized spacial score (nSPS) is 17.7. The van der Waals surface area contributed by atoms with Gasteiger partial charge < -0.3 is 0 Å². The largest absolute Gasteiger partial charge is 0.241 e. The topological polar surface area (TPSA) is 3.88 Å². The zero-order valence-electron chi connectivity index (χ0n) is 10.5. The van der Waals surface area contributed by atoms with Gasteiger partial charge in [-0.2, -0.15) is 4.57 Å². The number of aromatic nitrogens is 1. The molecule has 3 rings (SSSR count). The molecule has 1 aliphatic carbocycles. The van der Waals surface area contributed by atoms with Crippen molar-refractivity contribution in [1.82, 2.24) is 0 Å². The summed E-state index contributed by atoms with van der Waals surface area (Å²) in [6.07, 6.45) is 7.07. The first-order valence-electron chi connectivity index (χ1n) is 6.81. The lowest BCUT2D eigenvalue weighted by Crippen LogP contribution is -2.36. The number of nitrogens with zero attached hydrogens (tertiary/aromatic N) is 1. The molecule has 2 heteroatoms. The van der Waals surface area contributed by atoms with Crippen LogP contribution in [-0.4, -0.2) is 0 Å². The Balaban J connectivity index is 2.08. The molecule has 1 aromatic heterocycles. The maximum atomic E-state index is 2.54. The zero-order chi connectivity index (χ0) is 11.7. The van der Waals surface area contributed by atoms with E-state index >= 15 is 0 Å². The Morgan fingerprint density at radius 3 is 2.71 bits per heavy atom. The van der Waals surface area contributed by atoms with Gasteiger partial charge in [0, 0.05) is 6.07 Å². The third-order valence-electron chi connectivity index (χ3n) is 3.91. The van der Waals surface area contributed by atoms with Gasteiger partial charge in [-0.05, 0) is 25.8 Å². The van der Waals surface area contributed by atoms with Crippen molar-refractivity contribution >= 4 is 21.6 Å². The van der Waals surface area contributed by atoms with Crippen LogP contribution in [0.3, 0.4) is 0 Å². The van der Waals surface area contributed by atoms with Crippen molar-refractivity contribution in [3.63, 3.8) is 0 Å². The van der Waals surface area contributed by atoms with Crippen molar-refractivity contribution in [3.05, 3.63) is 29.3 Å². The molecule has 0 aliphatic heterocycles. The molecule has 17 heavy (non-hydrogen) atoms. The Morgan fingerprint density at radius 1 is 1.18 bits per heavy atom. The van der Waals surface area contributed by atoms with Gasteiger partial charge in [-0.1, -0.05) is 42.7 Å². The minimum absolute atomic E-state index is 0.820. The molecule has 0 radical (unpaired) electrons. The maximum Gasteiger partial charge on any atom is 0.241 e. The van der Waals surface area contributed by atoms with Crippen LogP contribution >= 0.6 is 11.3 Å². The molecule has 1 nitrogen and oxygen atoms in total. The van der Waals surface area contributed by atoms with Gasteiger partial charge in [0.15, 0.2) is 0 Å². The lowest BCUT2D eigenvalue weighted by molar-refractivity contribution is -0.672. The smallest absolute Gasteiger partial charge is 0.186 e. The van der Waals surface area contributed by atoms with E-state index in [4.69, 9.17) is 0 Å². The van der Waals surface area contributed by atoms with Gasteiger partial charge >= 0.3 is 0 Å². The van der Waals surface area contributed by atoms with Crippen molar-refractivity contribution < 1.29 is 4.57 Å². The van der Waals surface area contributed by atoms with Gasteiger partial charge in [0.25, 0.3) is 0 Å². The van der Waals surface area contributed by atoms with Gasteiger partial charge in [0.1, 0.15) is 11.2 Å². The summed E-state index contributed by atoms with van der Waals surface area (Å²) in [6, 6.07) is 8.84. The Kier molecular flexibility index (Phi) is 3.15. The first kappa shape index (κ1) is 11.2. The van der Waals surface area contributed by atoms with Crippen LogP contribution in [0.2, 0.25) is 0 Å². The molecule has 2 aromatic rings. The van der Waals surface area contributed by atoms with Crippen molar-refractivity contribution in [2.45, 2.75) is 51.5 Å². The summed E-state index contributed by atoms with van der Waals surface area (Å²) in [5.74, 6) is 0.820. The first-order valence-corrected chi connectivity index (χ1v) is 7.63. The van der Waals surface area contributed by atoms with E-state index in [0.717, 1.165) is 12.5 Å². The molecule has 0 atom stereocenters. The van der Waals surface area contributed by atoms with Gasteiger partial charge in [-0.15, -0.1) is 0 Å². The highest BCUT2D eigenvalue weighted by Gasteiger charge is 2.28. The van der Waals surface area contributed by atoms with Crippen LogP contribution in [0, 0.1) is 0 Å². The fraction of sp³-hybridized carbons (Fsp3) is 0.533. The Bertz CT molecular complexity index is 509. The molecular weight excluding hydrogens is 226 g/mol. The van der Waals surface area contributed by atoms with E-state index < -0.39 is 0 Å². The molecule has 1 saturated carbocycles. The van der Waals surface area contributed by atoms with Crippen LogP contribution in [0.1, 0.15) is 50.0 Å². The van der Waals surface area contributed by atoms with E-state index in [1.165, 1.54) is 42.3 Å². The van der Waals surface area contributed by atoms with E-state index in [1.54, 1.807) is 5.01 Å². The first-order chi connectivity index (χ1) is 8.40. The summed E-state index contributed by atoms with van der Waals surface area (Å²) in [6.45, 7) is 3.38. The van der Waals surface area contributed by atoms with Crippen LogP contribution in [0.15, 0.2) is 24.3 Å². The SMILES string of the molecule is CC[n+]1c(C2CCCCC2)sc2ccccc21. The summed E-state index contributed by atoms with van der Waals surface area (Å²) in [5.41, 5.74) is 1.43. The number of hydrogen-bond donors (Lipinski definition) is 0. The number of rotatable bonds is 2. The van der Waals surface area contributed by atoms with Crippen molar-refractivity contribution in [2.75, 3.05) is 0 Å². The van der Waals surface area contributed by atoms with Crippen LogP contribution in [-0.2, 0) is 6.54 Å². The summed E-state index contributed by atoms with van der Waals surface area (Å²) in [5, 5.41) is 1.62. The molecule has 1 heterocycles. The predicted octanol–water partition coefficient (Wildman–Crippen LogP) is 4.26. The van der Waals surface area contributed by atoms with Crippen molar-refractivity contribution in [1.29, 1.82) is 0 Å². The van der Waals surface area contributed by atoms with Gasteiger partial charge in [0.05, 0.1) is 5.92 Å². The second-order valence-corrected chi connectivity index (χ2v) is 6.05. The predicted molar refractivity (Wildman–Crippen MR) is 73.5 cm³/mol. The minimum Gasteiger partial charge on any atom is -0.186 e. The molecule has 0 unspecified atom stereocenters. The number of hydrogen-bond acceptors (Lipinski definition) is 1. The molecule has 1 fully saturated rings. The minimum atomic E-state index is 0.820. The zero-order valence-corrected chi connectivity index (χ0v) is 11.3. The fourth-order valence-corrected chi connectivity index (χ4v) is 4.43. The highest BCUT2D eigenvalue weighted by Crippen LogP contribution is 2.35. The number of para-hydroxylation sites is 1. The third kappa shape index (κ3) is 1.99. The van der Waals surface area contributed by atoms with E-state index in [0.29, 0.717) is 0 Å². The monoisotopic (exact) mass is 246 g/mol. The molecule has 0 saturated heterocycles. The van der Waals surface area contributed by atoms with E-state index in [9.17, 15) is 0 Å². The second kappa shape index (κ2) is 4.77. The maximum absolute atomic E-state index is 2.54. The number of fused-ring (bicyclic) bond motifs is 1. The lowest BCUT2D eigenvalue weighted by Gasteiger charge is -2.17. The van der Waals surface area contributed by atoms with Crippen LogP contribution in [0.5, 0.6) is 0 Å². The van der Waals surface area contributed by atoms with Crippen LogP contribution in [0.25, 0.3) is 10.2 Å². The Morgan fingerprint density at radius 2 is 1.94 bits per heavy atom. The summed E-state index contributed by atoms with van der Waals surface area (Å²) in [7, 11) is 0. The molecule has 1 aliphatic rings. The average molecular weight is 246 g/mol. The summed E-state index contributed by atoms with van der Waals surface area (Å²) < 4.78 is 3.99. The highest BCUT2D eigenvalue weighted by atomic mass is 32.1. The average Bonchev–Trinajstić information content (AvgIpc) is 2.78. The van der Waals surface area contributed by atoms with Crippen LogP contribution < -0.4 is 4.57 Å². The van der Waals surface area contributed by atoms with Crippen molar-refractivity contribution in [3.8, 4) is 0 Å². The molecule has 0 spiro atoms. The number of thiazole rings is 1. The van der Waals surface area contributed by atoms with E-state index in [1.807, 2.05) is 11.3 Å². The van der Waals surface area contributed by atoms with E-state index in [2.05, 4.69) is 35.8 Å². The van der Waals surface area contributed by atoms with Crippen LogP contribution in [0.4, 0.5) is 0 Å². The highest BCUT2D eigenvalue weighted by molar-refractivity contribution is 7.18. The molecule has 1 aromatic carbocycles. The third-order valence-corrected chi connectivity index (χ3v) is 5.24. The number of aryl methyl sites for hydroxylation is 1. The Hall–Kier alpha value is -0.890. The molecule has 0 amide bonds. The standard InChI is InChI=1S/C15H20NS/c1-2-16-13-10-6-7-11-14(13)17-15(16)12-8-4-3-5-9-12/h6-7,10-12H,2-5,8-9H2,1H3/q+1. The van der Waals surface area contributed by atoms with Gasteiger partial charge in [-0.3, -0.25) is 0 Å². The molecule has 0 bridgehead atoms. The lowest BCUT2D eigenvalue weighted by atomic mass is 9.90.